The predicted molar refractivity (Wildman–Crippen MR) is 117 cm³/mol. The van der Waals surface area contributed by atoms with Crippen molar-refractivity contribution in [2.75, 3.05) is 32.0 Å². The summed E-state index contributed by atoms with van der Waals surface area (Å²) in [6.07, 6.45) is 4.06. The smallest absolute Gasteiger partial charge is 0.323 e. The maximum Gasteiger partial charge on any atom is 0.323 e. The highest BCUT2D eigenvalue weighted by Crippen LogP contribution is 2.40. The first-order valence-electron chi connectivity index (χ1n) is 9.93. The molecule has 0 unspecified atom stereocenters. The maximum atomic E-state index is 12.9. The van der Waals surface area contributed by atoms with Crippen LogP contribution in [0.5, 0.6) is 17.2 Å². The Morgan fingerprint density at radius 3 is 2.33 bits per heavy atom. The van der Waals surface area contributed by atoms with Crippen LogP contribution >= 0.6 is 0 Å². The van der Waals surface area contributed by atoms with E-state index >= 15 is 0 Å². The van der Waals surface area contributed by atoms with Gasteiger partial charge in [0.2, 0.25) is 5.75 Å². The van der Waals surface area contributed by atoms with E-state index in [1.165, 1.54) is 21.3 Å². The molecule has 1 aliphatic carbocycles. The lowest BCUT2D eigenvalue weighted by Crippen LogP contribution is -2.22. The summed E-state index contributed by atoms with van der Waals surface area (Å²) in [5, 5.41) is 6.88. The van der Waals surface area contributed by atoms with Crippen molar-refractivity contribution in [3.05, 3.63) is 47.7 Å². The number of aryl methyl sites for hydroxylation is 1. The van der Waals surface area contributed by atoms with Crippen molar-refractivity contribution in [1.29, 1.82) is 0 Å². The van der Waals surface area contributed by atoms with Crippen LogP contribution in [0.2, 0.25) is 0 Å². The summed E-state index contributed by atoms with van der Waals surface area (Å²) >= 11 is 0. The lowest BCUT2D eigenvalue weighted by Gasteiger charge is -2.21. The Balaban J connectivity index is 1.66. The zero-order valence-corrected chi connectivity index (χ0v) is 17.4. The number of ether oxygens (including phenoxy) is 3. The van der Waals surface area contributed by atoms with Crippen LogP contribution in [-0.2, 0) is 12.8 Å². The van der Waals surface area contributed by atoms with E-state index < -0.39 is 0 Å². The summed E-state index contributed by atoms with van der Waals surface area (Å²) in [6.45, 7) is 0. The second-order valence-electron chi connectivity index (χ2n) is 7.13. The molecule has 7 heteroatoms. The molecule has 0 atom stereocenters. The quantitative estimate of drug-likeness (QED) is 0.636. The first kappa shape index (κ1) is 19.8. The normalized spacial score (nSPS) is 12.8. The number of pyridine rings is 1. The van der Waals surface area contributed by atoms with Crippen LogP contribution in [0.4, 0.5) is 16.2 Å². The number of carbonyl (C=O) groups is 1. The predicted octanol–water partition coefficient (Wildman–Crippen LogP) is 4.78. The third kappa shape index (κ3) is 3.70. The van der Waals surface area contributed by atoms with E-state index in [1.54, 1.807) is 12.1 Å². The average molecular weight is 407 g/mol. The Morgan fingerprint density at radius 2 is 1.63 bits per heavy atom. The highest BCUT2D eigenvalue weighted by Gasteiger charge is 2.20. The third-order valence-corrected chi connectivity index (χ3v) is 5.33. The summed E-state index contributed by atoms with van der Waals surface area (Å²) in [5.74, 6) is 1.41. The zero-order valence-electron chi connectivity index (χ0n) is 17.4. The molecule has 1 heterocycles. The molecule has 3 aromatic rings. The van der Waals surface area contributed by atoms with E-state index in [2.05, 4.69) is 10.6 Å². The molecule has 0 radical (unpaired) electrons. The van der Waals surface area contributed by atoms with Gasteiger partial charge >= 0.3 is 6.03 Å². The summed E-state index contributed by atoms with van der Waals surface area (Å²) < 4.78 is 16.1. The van der Waals surface area contributed by atoms with Crippen LogP contribution in [-0.4, -0.2) is 32.3 Å². The van der Waals surface area contributed by atoms with Gasteiger partial charge in [0.05, 0.1) is 38.2 Å². The van der Waals surface area contributed by atoms with E-state index in [-0.39, 0.29) is 6.03 Å². The molecule has 1 aromatic heterocycles. The van der Waals surface area contributed by atoms with Crippen molar-refractivity contribution in [3.63, 3.8) is 0 Å². The number of hydrogen-bond donors (Lipinski definition) is 2. The SMILES string of the molecule is COc1cc(NC(=O)Nc2c3c(nc4ccccc24)CCCC3)cc(OC)c1OC. The summed E-state index contributed by atoms with van der Waals surface area (Å²) in [7, 11) is 4.62. The molecular formula is C23H25N3O4. The number of rotatable bonds is 5. The van der Waals surface area contributed by atoms with Gasteiger partial charge < -0.3 is 24.8 Å². The fourth-order valence-corrected chi connectivity index (χ4v) is 3.94. The molecule has 2 N–H and O–H groups in total. The molecule has 0 spiro atoms. The van der Waals surface area contributed by atoms with Crippen LogP contribution < -0.4 is 24.8 Å². The Bertz CT molecular complexity index is 1070. The molecule has 156 valence electrons. The van der Waals surface area contributed by atoms with Gasteiger partial charge in [0.15, 0.2) is 11.5 Å². The molecular weight excluding hydrogens is 382 g/mol. The first-order valence-corrected chi connectivity index (χ1v) is 9.93. The van der Waals surface area contributed by atoms with Crippen molar-refractivity contribution in [3.8, 4) is 17.2 Å². The molecule has 1 aliphatic rings. The van der Waals surface area contributed by atoms with Crippen molar-refractivity contribution >= 4 is 28.3 Å². The summed E-state index contributed by atoms with van der Waals surface area (Å²) in [4.78, 5) is 17.7. The number of aromatic nitrogens is 1. The second-order valence-corrected chi connectivity index (χ2v) is 7.13. The van der Waals surface area contributed by atoms with Gasteiger partial charge in [0.1, 0.15) is 0 Å². The highest BCUT2D eigenvalue weighted by molar-refractivity contribution is 6.06. The largest absolute Gasteiger partial charge is 0.493 e. The van der Waals surface area contributed by atoms with Crippen LogP contribution in [0.25, 0.3) is 10.9 Å². The van der Waals surface area contributed by atoms with Crippen molar-refractivity contribution in [2.24, 2.45) is 0 Å². The van der Waals surface area contributed by atoms with E-state index in [0.717, 1.165) is 53.5 Å². The fourth-order valence-electron chi connectivity index (χ4n) is 3.94. The van der Waals surface area contributed by atoms with Crippen LogP contribution in [0.1, 0.15) is 24.1 Å². The lowest BCUT2D eigenvalue weighted by atomic mass is 9.93. The average Bonchev–Trinajstić information content (AvgIpc) is 2.78. The Hall–Kier alpha value is -3.48. The summed E-state index contributed by atoms with van der Waals surface area (Å²) in [5.41, 5.74) is 4.46. The van der Waals surface area contributed by atoms with E-state index in [4.69, 9.17) is 19.2 Å². The zero-order chi connectivity index (χ0) is 21.1. The Morgan fingerprint density at radius 1 is 0.933 bits per heavy atom. The lowest BCUT2D eigenvalue weighted by molar-refractivity contribution is 0.262. The van der Waals surface area contributed by atoms with Crippen molar-refractivity contribution < 1.29 is 19.0 Å². The van der Waals surface area contributed by atoms with Crippen LogP contribution in [0, 0.1) is 0 Å². The molecule has 0 bridgehead atoms. The first-order chi connectivity index (χ1) is 14.6. The van der Waals surface area contributed by atoms with Crippen molar-refractivity contribution in [1.82, 2.24) is 4.98 Å². The van der Waals surface area contributed by atoms with Gasteiger partial charge in [0, 0.05) is 23.2 Å². The van der Waals surface area contributed by atoms with E-state index in [1.807, 2.05) is 24.3 Å². The molecule has 7 nitrogen and oxygen atoms in total. The van der Waals surface area contributed by atoms with Crippen LogP contribution in [0.15, 0.2) is 36.4 Å². The number of benzene rings is 2. The van der Waals surface area contributed by atoms with Gasteiger partial charge in [-0.25, -0.2) is 4.79 Å². The maximum absolute atomic E-state index is 12.9. The number of urea groups is 1. The molecule has 0 aliphatic heterocycles. The number of amides is 2. The van der Waals surface area contributed by atoms with Crippen LogP contribution in [0.3, 0.4) is 0 Å². The number of fused-ring (bicyclic) bond motifs is 2. The Kier molecular flexibility index (Phi) is 5.61. The number of methoxy groups -OCH3 is 3. The van der Waals surface area contributed by atoms with Crippen molar-refractivity contribution in [2.45, 2.75) is 25.7 Å². The number of carbonyl (C=O) groups excluding carboxylic acids is 1. The third-order valence-electron chi connectivity index (χ3n) is 5.33. The fraction of sp³-hybridized carbons (Fsp3) is 0.304. The molecule has 4 rings (SSSR count). The van der Waals surface area contributed by atoms with Gasteiger partial charge in [0.25, 0.3) is 0 Å². The van der Waals surface area contributed by atoms with E-state index in [9.17, 15) is 4.79 Å². The van der Waals surface area contributed by atoms with Gasteiger partial charge in [-0.1, -0.05) is 18.2 Å². The minimum Gasteiger partial charge on any atom is -0.493 e. The number of hydrogen-bond acceptors (Lipinski definition) is 5. The number of para-hydroxylation sites is 1. The highest BCUT2D eigenvalue weighted by atomic mass is 16.5. The molecule has 2 aromatic carbocycles. The Labute approximate surface area is 175 Å². The molecule has 2 amide bonds. The minimum absolute atomic E-state index is 0.339. The molecule has 0 saturated heterocycles. The standard InChI is InChI=1S/C23H25N3O4/c1-28-19-12-14(13-20(29-2)22(19)30-3)24-23(27)26-21-15-8-4-6-10-17(15)25-18-11-7-5-9-16(18)21/h4,6,8,10,12-13H,5,7,9,11H2,1-3H3,(H2,24,25,26,27). The summed E-state index contributed by atoms with van der Waals surface area (Å²) in [6, 6.07) is 10.9. The molecule has 0 saturated carbocycles. The van der Waals surface area contributed by atoms with Gasteiger partial charge in [-0.05, 0) is 37.3 Å². The minimum atomic E-state index is -0.339. The number of nitrogens with zero attached hydrogens (tertiary/aromatic N) is 1. The number of anilines is 2. The molecule has 30 heavy (non-hydrogen) atoms. The van der Waals surface area contributed by atoms with Gasteiger partial charge in [-0.2, -0.15) is 0 Å². The van der Waals surface area contributed by atoms with Gasteiger partial charge in [-0.3, -0.25) is 4.98 Å². The number of nitrogens with one attached hydrogen (secondary N) is 2. The second kappa shape index (κ2) is 8.49. The van der Waals surface area contributed by atoms with Gasteiger partial charge in [-0.15, -0.1) is 0 Å². The topological polar surface area (TPSA) is 81.7 Å². The monoisotopic (exact) mass is 407 g/mol. The van der Waals surface area contributed by atoms with E-state index in [0.29, 0.717) is 22.9 Å². The molecule has 0 fully saturated rings.